The molecule has 0 aliphatic heterocycles. The molecule has 0 aromatic rings. The lowest BCUT2D eigenvalue weighted by molar-refractivity contribution is -0.0388. The minimum Gasteiger partial charge on any atom is -0.394 e. The van der Waals surface area contributed by atoms with Gasteiger partial charge < -0.3 is 35.7 Å². The molecule has 7 nitrogen and oxygen atoms in total. The molecule has 0 saturated heterocycles. The summed E-state index contributed by atoms with van der Waals surface area (Å²) in [5.41, 5.74) is 0. The van der Waals surface area contributed by atoms with Gasteiger partial charge in [-0.25, -0.2) is 0 Å². The molecule has 0 radical (unpaired) electrons. The van der Waals surface area contributed by atoms with Gasteiger partial charge >= 0.3 is 0 Å². The third-order valence-corrected chi connectivity index (χ3v) is 1.24. The van der Waals surface area contributed by atoms with Gasteiger partial charge in [0.2, 0.25) is 0 Å². The third kappa shape index (κ3) is 9.81. The van der Waals surface area contributed by atoms with E-state index in [1.807, 2.05) is 0 Å². The maximum atomic E-state index is 8.47. The van der Waals surface area contributed by atoms with Crippen LogP contribution in [0.4, 0.5) is 0 Å². The molecule has 0 aliphatic rings. The van der Waals surface area contributed by atoms with Crippen LogP contribution in [0.2, 0.25) is 0 Å². The van der Waals surface area contributed by atoms with Crippen LogP contribution in [0.25, 0.3) is 0 Å². The highest BCUT2D eigenvalue weighted by Gasteiger charge is 2.12. The molecule has 2 atom stereocenters. The number of aliphatic hydroxyl groups excluding tert-OH is 7. The molecule has 88 valence electrons. The highest BCUT2D eigenvalue weighted by molar-refractivity contribution is 4.62. The summed E-state index contributed by atoms with van der Waals surface area (Å²) in [6.07, 6.45) is -3.40. The van der Waals surface area contributed by atoms with Crippen LogP contribution < -0.4 is 0 Å². The second-order valence-corrected chi connectivity index (χ2v) is 2.52. The van der Waals surface area contributed by atoms with Crippen molar-refractivity contribution in [3.8, 4) is 0 Å². The van der Waals surface area contributed by atoms with Crippen molar-refractivity contribution in [1.29, 1.82) is 0 Å². The van der Waals surface area contributed by atoms with E-state index < -0.39 is 31.5 Å². The van der Waals surface area contributed by atoms with E-state index in [9.17, 15) is 0 Å². The van der Waals surface area contributed by atoms with Crippen molar-refractivity contribution in [3.05, 3.63) is 0 Å². The zero-order valence-electron chi connectivity index (χ0n) is 7.69. The Morgan fingerprint density at radius 3 is 0.929 bits per heavy atom. The van der Waals surface area contributed by atoms with Crippen LogP contribution in [0, 0.1) is 0 Å². The van der Waals surface area contributed by atoms with Gasteiger partial charge in [-0.05, 0) is 0 Å². The molecular formula is C7H18O7. The zero-order valence-corrected chi connectivity index (χ0v) is 7.69. The van der Waals surface area contributed by atoms with Crippen molar-refractivity contribution < 1.29 is 35.7 Å². The highest BCUT2D eigenvalue weighted by Crippen LogP contribution is 1.88. The first-order valence-electron chi connectivity index (χ1n) is 4.01. The van der Waals surface area contributed by atoms with Gasteiger partial charge in [-0.15, -0.1) is 0 Å². The van der Waals surface area contributed by atoms with Crippen molar-refractivity contribution in [1.82, 2.24) is 0 Å². The van der Waals surface area contributed by atoms with E-state index in [-0.39, 0.29) is 13.2 Å². The van der Waals surface area contributed by atoms with Crippen molar-refractivity contribution in [3.63, 3.8) is 0 Å². The van der Waals surface area contributed by atoms with E-state index in [1.165, 1.54) is 0 Å². The fourth-order valence-corrected chi connectivity index (χ4v) is 0.301. The molecule has 7 heteroatoms. The monoisotopic (exact) mass is 214 g/mol. The quantitative estimate of drug-likeness (QED) is 0.247. The molecule has 0 heterocycles. The smallest absolute Gasteiger partial charge is 0.105 e. The van der Waals surface area contributed by atoms with Crippen molar-refractivity contribution >= 4 is 0 Å². The van der Waals surface area contributed by atoms with E-state index in [1.54, 1.807) is 0 Å². The number of rotatable bonds is 5. The summed E-state index contributed by atoms with van der Waals surface area (Å²) in [7, 11) is 0. The van der Waals surface area contributed by atoms with E-state index in [4.69, 9.17) is 35.7 Å². The second kappa shape index (κ2) is 10.8. The fraction of sp³-hybridized carbons (Fsp3) is 1.00. The number of hydrogen-bond donors (Lipinski definition) is 7. The van der Waals surface area contributed by atoms with Crippen LogP contribution in [-0.4, -0.2) is 80.5 Å². The molecule has 0 saturated carbocycles. The predicted molar refractivity (Wildman–Crippen MR) is 46.4 cm³/mol. The average molecular weight is 214 g/mol. The first kappa shape index (κ1) is 16.2. The van der Waals surface area contributed by atoms with Crippen LogP contribution in [0.5, 0.6) is 0 Å². The molecule has 0 spiro atoms. The minimum atomic E-state index is -1.22. The molecule has 2 unspecified atom stereocenters. The van der Waals surface area contributed by atoms with Gasteiger partial charge in [0.25, 0.3) is 0 Å². The Morgan fingerprint density at radius 1 is 0.571 bits per heavy atom. The summed E-state index contributed by atoms with van der Waals surface area (Å²) < 4.78 is 0. The van der Waals surface area contributed by atoms with Gasteiger partial charge in [0, 0.05) is 0 Å². The minimum absolute atomic E-state index is 0.365. The lowest BCUT2D eigenvalue weighted by Crippen LogP contribution is -2.31. The first-order chi connectivity index (χ1) is 6.53. The largest absolute Gasteiger partial charge is 0.394 e. The fourth-order valence-electron chi connectivity index (χ4n) is 0.301. The molecule has 0 aliphatic carbocycles. The summed E-state index contributed by atoms with van der Waals surface area (Å²) in [4.78, 5) is 0. The standard InChI is InChI=1S/C4H10O4.C3H8O3/c5-1-3(7)4(8)2-6;4-1-3(6)2-5/h3-8H,1-2H2;3-6H,1-2H2. The van der Waals surface area contributed by atoms with Gasteiger partial charge in [-0.1, -0.05) is 0 Å². The predicted octanol–water partition coefficient (Wildman–Crippen LogP) is -3.98. The molecule has 0 bridgehead atoms. The van der Waals surface area contributed by atoms with Crippen LogP contribution in [0.1, 0.15) is 0 Å². The molecule has 14 heavy (non-hydrogen) atoms. The van der Waals surface area contributed by atoms with Crippen LogP contribution in [0.3, 0.4) is 0 Å². The van der Waals surface area contributed by atoms with Crippen molar-refractivity contribution in [2.45, 2.75) is 18.3 Å². The normalized spacial score (nSPS) is 14.6. The molecular weight excluding hydrogens is 196 g/mol. The SMILES string of the molecule is OCC(O)C(O)CO.OCC(O)CO. The second-order valence-electron chi connectivity index (χ2n) is 2.52. The van der Waals surface area contributed by atoms with Crippen LogP contribution in [0.15, 0.2) is 0 Å². The van der Waals surface area contributed by atoms with Gasteiger partial charge in [0.15, 0.2) is 0 Å². The van der Waals surface area contributed by atoms with Crippen LogP contribution >= 0.6 is 0 Å². The maximum absolute atomic E-state index is 8.47. The third-order valence-electron chi connectivity index (χ3n) is 1.24. The lowest BCUT2D eigenvalue weighted by atomic mass is 10.2. The molecule has 0 aromatic heterocycles. The Morgan fingerprint density at radius 2 is 0.857 bits per heavy atom. The van der Waals surface area contributed by atoms with Gasteiger partial charge in [0.05, 0.1) is 26.4 Å². The Labute approximate surface area is 81.5 Å². The topological polar surface area (TPSA) is 142 Å². The zero-order chi connectivity index (χ0) is 11.6. The van der Waals surface area contributed by atoms with Crippen LogP contribution in [-0.2, 0) is 0 Å². The van der Waals surface area contributed by atoms with Gasteiger partial charge in [0.1, 0.15) is 18.3 Å². The lowest BCUT2D eigenvalue weighted by Gasteiger charge is -2.10. The van der Waals surface area contributed by atoms with Gasteiger partial charge in [-0.3, -0.25) is 0 Å². The average Bonchev–Trinajstić information content (AvgIpc) is 2.26. The Hall–Kier alpha value is -0.280. The molecule has 0 rings (SSSR count). The van der Waals surface area contributed by atoms with E-state index in [2.05, 4.69) is 0 Å². The Balaban J connectivity index is 0. The number of hydrogen-bond acceptors (Lipinski definition) is 7. The van der Waals surface area contributed by atoms with Gasteiger partial charge in [-0.2, -0.15) is 0 Å². The molecule has 0 aromatic carbocycles. The Bertz CT molecular complexity index is 98.2. The Kier molecular flexibility index (Phi) is 12.5. The van der Waals surface area contributed by atoms with Crippen molar-refractivity contribution in [2.24, 2.45) is 0 Å². The van der Waals surface area contributed by atoms with E-state index in [0.717, 1.165) is 0 Å². The summed E-state index contributed by atoms with van der Waals surface area (Å²) in [5.74, 6) is 0. The first-order valence-corrected chi connectivity index (χ1v) is 4.01. The molecule has 7 N–H and O–H groups in total. The summed E-state index contributed by atoms with van der Waals surface area (Å²) in [6, 6.07) is 0. The van der Waals surface area contributed by atoms with E-state index in [0.29, 0.717) is 0 Å². The molecule has 0 amide bonds. The van der Waals surface area contributed by atoms with Crippen molar-refractivity contribution in [2.75, 3.05) is 26.4 Å². The molecule has 0 fully saturated rings. The summed E-state index contributed by atoms with van der Waals surface area (Å²) in [5, 5.41) is 57.2. The van der Waals surface area contributed by atoms with E-state index >= 15 is 0 Å². The highest BCUT2D eigenvalue weighted by atomic mass is 16.4. The maximum Gasteiger partial charge on any atom is 0.105 e. The number of aliphatic hydroxyl groups is 7. The summed E-state index contributed by atoms with van der Waals surface area (Å²) >= 11 is 0. The summed E-state index contributed by atoms with van der Waals surface area (Å²) in [6.45, 7) is -1.78.